The zero-order chi connectivity index (χ0) is 36.0. The lowest BCUT2D eigenvalue weighted by Crippen LogP contribution is -2.74. The molecule has 0 saturated heterocycles. The standard InChI is InChI=1S/C42H48O4Si5/c1-47(2,43-48(3,4)45-50(37-25-13-7-14-26-37,38-27-15-8-16-28-38)39-29-17-9-18-30-39)44-49(5,6)46-51(40-31-19-10-20-32-40,41-33-21-11-22-34-41)42-35-23-12-24-36-42/h7-36H,1-6H3. The second kappa shape index (κ2) is 15.5. The minimum absolute atomic E-state index is 1.19. The zero-order valence-corrected chi connectivity index (χ0v) is 35.5. The fourth-order valence-corrected chi connectivity index (χ4v) is 33.2. The molecule has 0 radical (unpaired) electrons. The summed E-state index contributed by atoms with van der Waals surface area (Å²) in [5.74, 6) is 0. The average Bonchev–Trinajstić information content (AvgIpc) is 3.14. The molecule has 0 fully saturated rings. The molecule has 0 bridgehead atoms. The normalized spacial score (nSPS) is 12.8. The largest absolute Gasteiger partial charge is 0.426 e. The van der Waals surface area contributed by atoms with Crippen LogP contribution >= 0.6 is 0 Å². The van der Waals surface area contributed by atoms with Gasteiger partial charge in [-0.1, -0.05) is 182 Å². The third-order valence-electron chi connectivity index (χ3n) is 8.86. The minimum Gasteiger partial charge on any atom is -0.426 e. The molecule has 0 aromatic heterocycles. The Bertz CT molecular complexity index is 1630. The first-order chi connectivity index (χ1) is 24.5. The van der Waals surface area contributed by atoms with Crippen LogP contribution in [-0.4, -0.2) is 42.3 Å². The van der Waals surface area contributed by atoms with E-state index in [1.165, 1.54) is 31.1 Å². The maximum atomic E-state index is 7.64. The molecular formula is C42H48O4Si5. The van der Waals surface area contributed by atoms with E-state index in [0.29, 0.717) is 0 Å². The molecule has 51 heavy (non-hydrogen) atoms. The van der Waals surface area contributed by atoms with Gasteiger partial charge in [0.25, 0.3) is 16.6 Å². The highest BCUT2D eigenvalue weighted by Gasteiger charge is 2.52. The third kappa shape index (κ3) is 8.33. The van der Waals surface area contributed by atoms with Crippen molar-refractivity contribution in [2.24, 2.45) is 0 Å². The molecule has 260 valence electrons. The topological polar surface area (TPSA) is 36.9 Å². The highest BCUT2D eigenvalue weighted by Crippen LogP contribution is 2.27. The average molecular weight is 757 g/mol. The number of hydrogen-bond donors (Lipinski definition) is 0. The van der Waals surface area contributed by atoms with Crippen LogP contribution in [0.4, 0.5) is 0 Å². The van der Waals surface area contributed by atoms with Gasteiger partial charge in [0.15, 0.2) is 0 Å². The van der Waals surface area contributed by atoms with Crippen LogP contribution < -0.4 is 31.1 Å². The van der Waals surface area contributed by atoms with Gasteiger partial charge in [-0.25, -0.2) is 0 Å². The molecule has 0 N–H and O–H groups in total. The van der Waals surface area contributed by atoms with Gasteiger partial charge in [-0.15, -0.1) is 0 Å². The Morgan fingerprint density at radius 2 is 0.392 bits per heavy atom. The van der Waals surface area contributed by atoms with Gasteiger partial charge >= 0.3 is 25.7 Å². The summed E-state index contributed by atoms with van der Waals surface area (Å²) in [6, 6.07) is 64.2. The van der Waals surface area contributed by atoms with E-state index >= 15 is 0 Å². The van der Waals surface area contributed by atoms with Crippen molar-refractivity contribution in [2.45, 2.75) is 39.3 Å². The lowest BCUT2D eigenvalue weighted by molar-refractivity contribution is 0.303. The van der Waals surface area contributed by atoms with E-state index in [1.807, 2.05) is 0 Å². The third-order valence-corrected chi connectivity index (χ3v) is 30.0. The van der Waals surface area contributed by atoms with Gasteiger partial charge in [-0.05, 0) is 70.4 Å². The lowest BCUT2D eigenvalue weighted by Gasteiger charge is -2.45. The Kier molecular flexibility index (Phi) is 11.2. The van der Waals surface area contributed by atoms with Crippen molar-refractivity contribution in [3.05, 3.63) is 182 Å². The summed E-state index contributed by atoms with van der Waals surface area (Å²) in [6.45, 7) is 13.0. The molecule has 0 heterocycles. The molecule has 0 amide bonds. The van der Waals surface area contributed by atoms with Crippen molar-refractivity contribution in [1.29, 1.82) is 0 Å². The summed E-state index contributed by atoms with van der Waals surface area (Å²) < 4.78 is 29.8. The van der Waals surface area contributed by atoms with Crippen LogP contribution in [0.25, 0.3) is 0 Å². The monoisotopic (exact) mass is 756 g/mol. The Morgan fingerprint density at radius 3 is 0.569 bits per heavy atom. The smallest absolute Gasteiger partial charge is 0.314 e. The van der Waals surface area contributed by atoms with Gasteiger partial charge in [0.1, 0.15) is 0 Å². The molecule has 0 saturated carbocycles. The van der Waals surface area contributed by atoms with E-state index in [-0.39, 0.29) is 0 Å². The molecule has 6 rings (SSSR count). The zero-order valence-electron chi connectivity index (χ0n) is 30.5. The molecule has 0 aliphatic heterocycles. The van der Waals surface area contributed by atoms with Crippen LogP contribution in [0.3, 0.4) is 0 Å². The summed E-state index contributed by atoms with van der Waals surface area (Å²) >= 11 is 0. The van der Waals surface area contributed by atoms with E-state index < -0.39 is 42.3 Å². The van der Waals surface area contributed by atoms with Gasteiger partial charge in [-0.2, -0.15) is 0 Å². The molecule has 9 heteroatoms. The summed E-state index contributed by atoms with van der Waals surface area (Å²) in [5, 5.41) is 7.14. The number of benzene rings is 6. The van der Waals surface area contributed by atoms with Gasteiger partial charge in [-0.3, -0.25) is 0 Å². The van der Waals surface area contributed by atoms with Gasteiger partial charge in [0.05, 0.1) is 0 Å². The Labute approximate surface area is 309 Å². The van der Waals surface area contributed by atoms with Crippen LogP contribution in [0.1, 0.15) is 0 Å². The van der Waals surface area contributed by atoms with Gasteiger partial charge in [0, 0.05) is 0 Å². The summed E-state index contributed by atoms with van der Waals surface area (Å²) in [6.07, 6.45) is 0. The van der Waals surface area contributed by atoms with Crippen LogP contribution in [-0.2, 0) is 16.5 Å². The molecule has 4 nitrogen and oxygen atoms in total. The molecule has 6 aromatic carbocycles. The van der Waals surface area contributed by atoms with Crippen molar-refractivity contribution in [3.63, 3.8) is 0 Å². The van der Waals surface area contributed by atoms with Gasteiger partial charge < -0.3 is 16.5 Å². The molecule has 0 unspecified atom stereocenters. The Morgan fingerprint density at radius 1 is 0.235 bits per heavy atom. The van der Waals surface area contributed by atoms with Crippen molar-refractivity contribution in [1.82, 2.24) is 0 Å². The first-order valence-electron chi connectivity index (χ1n) is 17.6. The summed E-state index contributed by atoms with van der Waals surface area (Å²) in [5.41, 5.74) is 0. The minimum atomic E-state index is -3.00. The number of rotatable bonds is 14. The molecule has 0 atom stereocenters. The van der Waals surface area contributed by atoms with Crippen molar-refractivity contribution in [2.75, 3.05) is 0 Å². The Balaban J connectivity index is 1.37. The van der Waals surface area contributed by atoms with E-state index in [9.17, 15) is 0 Å². The Hall–Kier alpha value is -3.76. The van der Waals surface area contributed by atoms with E-state index in [0.717, 1.165) is 0 Å². The van der Waals surface area contributed by atoms with Crippen molar-refractivity contribution in [3.8, 4) is 0 Å². The SMILES string of the molecule is C[Si](C)(O[Si](C)(C)O[Si](c1ccccc1)(c1ccccc1)c1ccccc1)O[Si](C)(C)O[Si](c1ccccc1)(c1ccccc1)c1ccccc1. The first kappa shape index (κ1) is 37.0. The fourth-order valence-electron chi connectivity index (χ4n) is 7.37. The van der Waals surface area contributed by atoms with Crippen LogP contribution in [0, 0.1) is 0 Å². The van der Waals surface area contributed by atoms with Crippen molar-refractivity contribution < 1.29 is 16.5 Å². The van der Waals surface area contributed by atoms with Crippen molar-refractivity contribution >= 4 is 73.4 Å². The fraction of sp³-hybridized carbons (Fsp3) is 0.143. The maximum absolute atomic E-state index is 7.64. The lowest BCUT2D eigenvalue weighted by atomic mass is 10.3. The second-order valence-corrected chi connectivity index (χ2v) is 32.0. The highest BCUT2D eigenvalue weighted by molar-refractivity contribution is 7.11. The molecule has 0 spiro atoms. The first-order valence-corrected chi connectivity index (χ1v) is 29.9. The second-order valence-electron chi connectivity index (χ2n) is 14.2. The molecule has 0 aliphatic carbocycles. The van der Waals surface area contributed by atoms with Crippen LogP contribution in [0.15, 0.2) is 182 Å². The number of hydrogen-bond acceptors (Lipinski definition) is 4. The predicted octanol–water partition coefficient (Wildman–Crippen LogP) is 6.49. The van der Waals surface area contributed by atoms with E-state index in [2.05, 4.69) is 221 Å². The predicted molar refractivity (Wildman–Crippen MR) is 225 cm³/mol. The molecule has 6 aromatic rings. The quantitative estimate of drug-likeness (QED) is 0.0942. The molecular weight excluding hydrogens is 709 g/mol. The maximum Gasteiger partial charge on any atom is 0.314 e. The summed E-state index contributed by atoms with van der Waals surface area (Å²) in [7, 11) is -14.6. The van der Waals surface area contributed by atoms with E-state index in [4.69, 9.17) is 16.5 Å². The van der Waals surface area contributed by atoms with Crippen LogP contribution in [0.5, 0.6) is 0 Å². The molecule has 0 aliphatic rings. The van der Waals surface area contributed by atoms with Crippen LogP contribution in [0.2, 0.25) is 39.3 Å². The summed E-state index contributed by atoms with van der Waals surface area (Å²) in [4.78, 5) is 0. The van der Waals surface area contributed by atoms with E-state index in [1.54, 1.807) is 0 Å². The highest BCUT2D eigenvalue weighted by atomic mass is 28.5. The van der Waals surface area contributed by atoms with Gasteiger partial charge in [0.2, 0.25) is 0 Å².